The maximum Gasteiger partial charge on any atom is 0.229 e. The molecule has 1 amide bonds. The first kappa shape index (κ1) is 16.1. The second-order valence-corrected chi connectivity index (χ2v) is 9.89. The van der Waals surface area contributed by atoms with Gasteiger partial charge in [-0.15, -0.1) is 0 Å². The third-order valence-corrected chi connectivity index (χ3v) is 9.45. The average molecular weight is 341 g/mol. The predicted octanol–water partition coefficient (Wildman–Crippen LogP) is 3.98. The molecule has 3 nitrogen and oxygen atoms in total. The Morgan fingerprint density at radius 1 is 1.00 bits per heavy atom. The molecular formula is C22H31NO2. The third-order valence-electron chi connectivity index (χ3n) is 9.45. The molecule has 1 spiro atoms. The van der Waals surface area contributed by atoms with Gasteiger partial charge >= 0.3 is 0 Å². The summed E-state index contributed by atoms with van der Waals surface area (Å²) in [4.78, 5) is 27.3. The lowest BCUT2D eigenvalue weighted by molar-refractivity contribution is -0.146. The van der Waals surface area contributed by atoms with Gasteiger partial charge < -0.3 is 4.90 Å². The van der Waals surface area contributed by atoms with Crippen LogP contribution in [0.2, 0.25) is 0 Å². The molecule has 4 fully saturated rings. The molecule has 25 heavy (non-hydrogen) atoms. The molecule has 1 saturated heterocycles. The topological polar surface area (TPSA) is 37.4 Å². The number of carbonyl (C=O) groups excluding carboxylic acids is 2. The molecule has 0 N–H and O–H groups in total. The highest BCUT2D eigenvalue weighted by molar-refractivity contribution is 5.91. The molecule has 1 aliphatic heterocycles. The van der Waals surface area contributed by atoms with E-state index < -0.39 is 0 Å². The summed E-state index contributed by atoms with van der Waals surface area (Å²) >= 11 is 0. The highest BCUT2D eigenvalue weighted by Gasteiger charge is 2.68. The number of carbonyl (C=O) groups is 2. The smallest absolute Gasteiger partial charge is 0.229 e. The second-order valence-electron chi connectivity index (χ2n) is 9.89. The number of allylic oxidation sites excluding steroid dienone is 1. The van der Waals surface area contributed by atoms with Crippen LogP contribution in [-0.4, -0.2) is 29.7 Å². The van der Waals surface area contributed by atoms with Crippen LogP contribution in [0.25, 0.3) is 0 Å². The van der Waals surface area contributed by atoms with E-state index in [1.54, 1.807) is 0 Å². The quantitative estimate of drug-likeness (QED) is 0.668. The Hall–Kier alpha value is -1.12. The van der Waals surface area contributed by atoms with E-state index in [9.17, 15) is 9.59 Å². The van der Waals surface area contributed by atoms with Crippen LogP contribution >= 0.6 is 0 Å². The van der Waals surface area contributed by atoms with Crippen molar-refractivity contribution in [2.75, 3.05) is 7.05 Å². The number of hydrogen-bond acceptors (Lipinski definition) is 2. The number of likely N-dealkylation sites (tertiary alicyclic amines) is 1. The number of ketones is 1. The van der Waals surface area contributed by atoms with Crippen molar-refractivity contribution in [2.45, 2.75) is 71.3 Å². The number of amides is 1. The van der Waals surface area contributed by atoms with Crippen LogP contribution in [-0.2, 0) is 9.59 Å². The van der Waals surface area contributed by atoms with Crippen molar-refractivity contribution in [2.24, 2.45) is 34.5 Å². The maximum atomic E-state index is 13.3. The van der Waals surface area contributed by atoms with Crippen LogP contribution in [0, 0.1) is 34.5 Å². The van der Waals surface area contributed by atoms with Gasteiger partial charge in [-0.25, -0.2) is 0 Å². The first-order chi connectivity index (χ1) is 11.9. The maximum absolute atomic E-state index is 13.3. The van der Waals surface area contributed by atoms with Gasteiger partial charge in [0.2, 0.25) is 5.91 Å². The van der Waals surface area contributed by atoms with E-state index in [1.165, 1.54) is 31.3 Å². The summed E-state index contributed by atoms with van der Waals surface area (Å²) in [5.74, 6) is 3.33. The van der Waals surface area contributed by atoms with E-state index in [0.29, 0.717) is 41.4 Å². The first-order valence-electron chi connectivity index (χ1n) is 10.4. The summed E-state index contributed by atoms with van der Waals surface area (Å²) in [6.45, 7) is 4.69. The molecule has 3 saturated carbocycles. The van der Waals surface area contributed by atoms with Crippen LogP contribution in [0.15, 0.2) is 11.6 Å². The lowest BCUT2D eigenvalue weighted by Gasteiger charge is -2.57. The number of fused-ring (bicyclic) bond motifs is 4. The summed E-state index contributed by atoms with van der Waals surface area (Å²) < 4.78 is 0. The molecule has 7 atom stereocenters. The lowest BCUT2D eigenvalue weighted by atomic mass is 9.46. The monoisotopic (exact) mass is 341 g/mol. The second kappa shape index (κ2) is 4.98. The average Bonchev–Trinajstić information content (AvgIpc) is 3.07. The number of rotatable bonds is 0. The summed E-state index contributed by atoms with van der Waals surface area (Å²) in [6, 6.07) is 0.413. The zero-order chi connectivity index (χ0) is 17.6. The van der Waals surface area contributed by atoms with Crippen molar-refractivity contribution in [1.82, 2.24) is 4.90 Å². The SMILES string of the molecule is C[C@H]1[C@H]2CC[C@H]3[C@@H]4CCC5=CC(=O)CC[C@]5(C)[C@@H]4CC[C@]23C(=O)N1C. The van der Waals surface area contributed by atoms with Gasteiger partial charge in [0.15, 0.2) is 5.78 Å². The highest BCUT2D eigenvalue weighted by atomic mass is 16.2. The molecule has 0 unspecified atom stereocenters. The van der Waals surface area contributed by atoms with Crippen molar-refractivity contribution in [3.05, 3.63) is 11.6 Å². The molecule has 0 bridgehead atoms. The Kier molecular flexibility index (Phi) is 3.21. The van der Waals surface area contributed by atoms with Gasteiger partial charge in [0.1, 0.15) is 0 Å². The van der Waals surface area contributed by atoms with E-state index >= 15 is 0 Å². The van der Waals surface area contributed by atoms with Gasteiger partial charge in [-0.3, -0.25) is 9.59 Å². The lowest BCUT2D eigenvalue weighted by Crippen LogP contribution is -2.53. The Morgan fingerprint density at radius 3 is 2.56 bits per heavy atom. The molecule has 136 valence electrons. The minimum absolute atomic E-state index is 0.0442. The molecule has 0 radical (unpaired) electrons. The Balaban J connectivity index is 1.53. The van der Waals surface area contributed by atoms with Crippen LogP contribution < -0.4 is 0 Å². The van der Waals surface area contributed by atoms with Crippen molar-refractivity contribution >= 4 is 11.7 Å². The summed E-state index contributed by atoms with van der Waals surface area (Å²) in [6.07, 6.45) is 10.8. The minimum atomic E-state index is -0.0442. The molecule has 0 aromatic rings. The van der Waals surface area contributed by atoms with Gasteiger partial charge in [-0.1, -0.05) is 12.5 Å². The zero-order valence-electron chi connectivity index (χ0n) is 15.9. The fraction of sp³-hybridized carbons (Fsp3) is 0.818. The molecular weight excluding hydrogens is 310 g/mol. The van der Waals surface area contributed by atoms with E-state index in [-0.39, 0.29) is 10.8 Å². The van der Waals surface area contributed by atoms with Crippen molar-refractivity contribution < 1.29 is 9.59 Å². The largest absolute Gasteiger partial charge is 0.342 e. The molecule has 3 heteroatoms. The van der Waals surface area contributed by atoms with E-state index in [0.717, 1.165) is 25.7 Å². The van der Waals surface area contributed by atoms with E-state index in [1.807, 2.05) is 13.1 Å². The summed E-state index contributed by atoms with van der Waals surface area (Å²) in [7, 11) is 2.03. The minimum Gasteiger partial charge on any atom is -0.342 e. The standard InChI is InChI=1S/C22H31NO2/c1-13-17-6-7-19-16-5-4-14-12-15(24)8-10-21(14,2)18(16)9-11-22(17,19)20(25)23(13)3/h12-13,16-19H,4-11H2,1-3H3/t13-,16+,17+,18+,19-,21-,22-/m0/s1. The molecule has 5 rings (SSSR count). The highest BCUT2D eigenvalue weighted by Crippen LogP contribution is 2.69. The van der Waals surface area contributed by atoms with Gasteiger partial charge in [0.25, 0.3) is 0 Å². The fourth-order valence-corrected chi connectivity index (χ4v) is 8.16. The van der Waals surface area contributed by atoms with Crippen molar-refractivity contribution in [3.8, 4) is 0 Å². The Bertz CT molecular complexity index is 682. The Labute approximate surface area is 151 Å². The van der Waals surface area contributed by atoms with E-state index in [4.69, 9.17) is 0 Å². The fourth-order valence-electron chi connectivity index (χ4n) is 8.16. The Morgan fingerprint density at radius 2 is 1.76 bits per heavy atom. The predicted molar refractivity (Wildman–Crippen MR) is 96.8 cm³/mol. The molecule has 5 aliphatic rings. The summed E-state index contributed by atoms with van der Waals surface area (Å²) in [5.41, 5.74) is 1.60. The number of nitrogens with zero attached hydrogens (tertiary/aromatic N) is 1. The van der Waals surface area contributed by atoms with Gasteiger partial charge in [0, 0.05) is 19.5 Å². The van der Waals surface area contributed by atoms with Crippen molar-refractivity contribution in [1.29, 1.82) is 0 Å². The zero-order valence-corrected chi connectivity index (χ0v) is 15.9. The third kappa shape index (κ3) is 1.78. The van der Waals surface area contributed by atoms with Crippen LogP contribution in [0.1, 0.15) is 65.2 Å². The van der Waals surface area contributed by atoms with Crippen LogP contribution in [0.3, 0.4) is 0 Å². The summed E-state index contributed by atoms with van der Waals surface area (Å²) in [5, 5.41) is 0. The molecule has 0 aromatic carbocycles. The molecule has 4 aliphatic carbocycles. The molecule has 1 heterocycles. The molecule has 0 aromatic heterocycles. The van der Waals surface area contributed by atoms with Crippen LogP contribution in [0.5, 0.6) is 0 Å². The van der Waals surface area contributed by atoms with Gasteiger partial charge in [-0.05, 0) is 87.0 Å². The van der Waals surface area contributed by atoms with Crippen molar-refractivity contribution in [3.63, 3.8) is 0 Å². The normalized spacial score (nSPS) is 51.6. The van der Waals surface area contributed by atoms with Crippen LogP contribution in [0.4, 0.5) is 0 Å². The number of hydrogen-bond donors (Lipinski definition) is 0. The van der Waals surface area contributed by atoms with Gasteiger partial charge in [0.05, 0.1) is 5.41 Å². The van der Waals surface area contributed by atoms with Gasteiger partial charge in [-0.2, -0.15) is 0 Å². The first-order valence-corrected chi connectivity index (χ1v) is 10.4. The van der Waals surface area contributed by atoms with E-state index in [2.05, 4.69) is 18.7 Å².